The van der Waals surface area contributed by atoms with Gasteiger partial charge in [-0.1, -0.05) is 0 Å². The summed E-state index contributed by atoms with van der Waals surface area (Å²) in [5.41, 5.74) is 0.711. The van der Waals surface area contributed by atoms with Gasteiger partial charge in [0.25, 0.3) is 11.8 Å². The average Bonchev–Trinajstić information content (AvgIpc) is 2.76. The van der Waals surface area contributed by atoms with Crippen molar-refractivity contribution < 1.29 is 23.9 Å². The van der Waals surface area contributed by atoms with E-state index in [2.05, 4.69) is 4.99 Å². The van der Waals surface area contributed by atoms with Crippen LogP contribution in [0.4, 0.5) is 4.39 Å². The number of ketones is 1. The molecule has 23 heavy (non-hydrogen) atoms. The van der Waals surface area contributed by atoms with E-state index in [1.54, 1.807) is 0 Å². The third-order valence-corrected chi connectivity index (χ3v) is 3.92. The second-order valence-corrected chi connectivity index (χ2v) is 5.39. The molecular weight excluding hydrogens is 303 g/mol. The van der Waals surface area contributed by atoms with E-state index in [4.69, 9.17) is 0 Å². The fourth-order valence-corrected chi connectivity index (χ4v) is 2.57. The Morgan fingerprint density at radius 2 is 1.91 bits per heavy atom. The zero-order chi connectivity index (χ0) is 16.7. The summed E-state index contributed by atoms with van der Waals surface area (Å²) >= 11 is 0. The molecule has 1 aromatic rings. The Hall–Kier alpha value is -2.67. The SMILES string of the molecule is CC1=NC=C(CCN2C(=O)c3ccc(F)cc3C2=O)C(=O)C1O. The van der Waals surface area contributed by atoms with E-state index in [-0.39, 0.29) is 29.7 Å². The van der Waals surface area contributed by atoms with Crippen LogP contribution in [0.15, 0.2) is 35.0 Å². The molecule has 1 atom stereocenters. The highest BCUT2D eigenvalue weighted by Crippen LogP contribution is 2.25. The lowest BCUT2D eigenvalue weighted by Gasteiger charge is -2.18. The second kappa shape index (κ2) is 5.51. The van der Waals surface area contributed by atoms with Crippen molar-refractivity contribution in [2.75, 3.05) is 6.54 Å². The number of carbonyl (C=O) groups excluding carboxylic acids is 3. The average molecular weight is 316 g/mol. The standard InChI is InChI=1S/C16H13FN2O4/c1-8-13(20)14(21)9(7-18-8)4-5-19-15(22)11-3-2-10(17)6-12(11)16(19)23/h2-3,6-7,13,20H,4-5H2,1H3. The van der Waals surface area contributed by atoms with Crippen molar-refractivity contribution >= 4 is 23.3 Å². The van der Waals surface area contributed by atoms with Crippen LogP contribution in [0, 0.1) is 5.82 Å². The normalized spacial score (nSPS) is 20.6. The van der Waals surface area contributed by atoms with Gasteiger partial charge in [-0.05, 0) is 31.5 Å². The summed E-state index contributed by atoms with van der Waals surface area (Å²) < 4.78 is 13.2. The summed E-state index contributed by atoms with van der Waals surface area (Å²) in [6.07, 6.45) is 0.134. The first-order valence-electron chi connectivity index (χ1n) is 7.01. The van der Waals surface area contributed by atoms with Gasteiger partial charge in [-0.2, -0.15) is 0 Å². The molecule has 0 radical (unpaired) electrons. The van der Waals surface area contributed by atoms with E-state index >= 15 is 0 Å². The topological polar surface area (TPSA) is 87.0 Å². The fourth-order valence-electron chi connectivity index (χ4n) is 2.57. The molecule has 1 unspecified atom stereocenters. The zero-order valence-corrected chi connectivity index (χ0v) is 12.2. The number of aliphatic imine (C=N–C) groups is 1. The third-order valence-electron chi connectivity index (χ3n) is 3.92. The van der Waals surface area contributed by atoms with Crippen molar-refractivity contribution in [3.05, 3.63) is 46.9 Å². The maximum atomic E-state index is 13.2. The van der Waals surface area contributed by atoms with Crippen molar-refractivity contribution in [3.8, 4) is 0 Å². The van der Waals surface area contributed by atoms with E-state index in [1.165, 1.54) is 19.2 Å². The van der Waals surface area contributed by atoms with E-state index in [0.29, 0.717) is 5.71 Å². The minimum Gasteiger partial charge on any atom is -0.379 e. The molecule has 0 saturated carbocycles. The Bertz CT molecular complexity index is 797. The van der Waals surface area contributed by atoms with Gasteiger partial charge >= 0.3 is 0 Å². The van der Waals surface area contributed by atoms with Gasteiger partial charge in [-0.25, -0.2) is 4.39 Å². The minimum atomic E-state index is -1.29. The van der Waals surface area contributed by atoms with Gasteiger partial charge < -0.3 is 5.11 Å². The Morgan fingerprint density at radius 3 is 2.65 bits per heavy atom. The molecule has 2 amide bonds. The molecule has 0 fully saturated rings. The predicted octanol–water partition coefficient (Wildman–Crippen LogP) is 1.10. The van der Waals surface area contributed by atoms with Crippen LogP contribution < -0.4 is 0 Å². The van der Waals surface area contributed by atoms with Crippen molar-refractivity contribution in [2.24, 2.45) is 4.99 Å². The van der Waals surface area contributed by atoms with E-state index in [9.17, 15) is 23.9 Å². The van der Waals surface area contributed by atoms with Crippen LogP contribution in [-0.2, 0) is 4.79 Å². The quantitative estimate of drug-likeness (QED) is 0.846. The lowest BCUT2D eigenvalue weighted by molar-refractivity contribution is -0.120. The number of hydrogen-bond acceptors (Lipinski definition) is 5. The Labute approximate surface area is 130 Å². The van der Waals surface area contributed by atoms with Crippen LogP contribution >= 0.6 is 0 Å². The highest BCUT2D eigenvalue weighted by atomic mass is 19.1. The highest BCUT2D eigenvalue weighted by Gasteiger charge is 2.36. The molecule has 2 aliphatic rings. The van der Waals surface area contributed by atoms with Crippen molar-refractivity contribution in [2.45, 2.75) is 19.4 Å². The summed E-state index contributed by atoms with van der Waals surface area (Å²) in [4.78, 5) is 41.2. The summed E-state index contributed by atoms with van der Waals surface area (Å²) in [6, 6.07) is 3.42. The molecule has 6 nitrogen and oxygen atoms in total. The van der Waals surface area contributed by atoms with Crippen LogP contribution in [0.1, 0.15) is 34.1 Å². The maximum Gasteiger partial charge on any atom is 0.261 e. The molecule has 118 valence electrons. The number of aliphatic hydroxyl groups excluding tert-OH is 1. The highest BCUT2D eigenvalue weighted by molar-refractivity contribution is 6.21. The molecule has 0 aromatic heterocycles. The predicted molar refractivity (Wildman–Crippen MR) is 78.6 cm³/mol. The molecule has 2 aliphatic heterocycles. The van der Waals surface area contributed by atoms with Gasteiger partial charge in [0, 0.05) is 18.3 Å². The van der Waals surface area contributed by atoms with E-state index < -0.39 is 29.5 Å². The van der Waals surface area contributed by atoms with E-state index in [1.807, 2.05) is 0 Å². The molecule has 0 aliphatic carbocycles. The van der Waals surface area contributed by atoms with Crippen molar-refractivity contribution in [3.63, 3.8) is 0 Å². The van der Waals surface area contributed by atoms with Gasteiger partial charge in [0.1, 0.15) is 5.82 Å². The Kier molecular flexibility index (Phi) is 3.65. The number of halogens is 1. The number of aliphatic hydroxyl groups is 1. The van der Waals surface area contributed by atoms with Crippen LogP contribution in [0.3, 0.4) is 0 Å². The van der Waals surface area contributed by atoms with Crippen molar-refractivity contribution in [1.29, 1.82) is 0 Å². The summed E-state index contributed by atoms with van der Waals surface area (Å²) in [5, 5.41) is 9.67. The molecule has 7 heteroatoms. The van der Waals surface area contributed by atoms with Gasteiger partial charge in [0.15, 0.2) is 11.9 Å². The number of carbonyl (C=O) groups is 3. The third kappa shape index (κ3) is 2.49. The lowest BCUT2D eigenvalue weighted by Crippen LogP contribution is -2.35. The van der Waals surface area contributed by atoms with Gasteiger partial charge in [0.2, 0.25) is 0 Å². The molecule has 3 rings (SSSR count). The molecule has 1 aromatic carbocycles. The second-order valence-electron chi connectivity index (χ2n) is 5.39. The monoisotopic (exact) mass is 316 g/mol. The molecule has 2 heterocycles. The summed E-state index contributed by atoms with van der Waals surface area (Å²) in [5.74, 6) is -2.19. The first-order chi connectivity index (χ1) is 10.9. The number of benzene rings is 1. The molecule has 0 bridgehead atoms. The number of Topliss-reactive ketones (excluding diaryl/α,β-unsaturated/α-hetero) is 1. The molecule has 0 spiro atoms. The Balaban J connectivity index is 1.77. The molecule has 1 N–H and O–H groups in total. The van der Waals surface area contributed by atoms with Crippen LogP contribution in [0.5, 0.6) is 0 Å². The van der Waals surface area contributed by atoms with E-state index in [0.717, 1.165) is 17.0 Å². The van der Waals surface area contributed by atoms with Crippen LogP contribution in [0.2, 0.25) is 0 Å². The van der Waals surface area contributed by atoms with Crippen LogP contribution in [0.25, 0.3) is 0 Å². The number of amides is 2. The number of fused-ring (bicyclic) bond motifs is 1. The number of hydrogen-bond donors (Lipinski definition) is 1. The van der Waals surface area contributed by atoms with Gasteiger partial charge in [-0.3, -0.25) is 24.3 Å². The smallest absolute Gasteiger partial charge is 0.261 e. The van der Waals surface area contributed by atoms with Gasteiger partial charge in [-0.15, -0.1) is 0 Å². The zero-order valence-electron chi connectivity index (χ0n) is 12.2. The number of rotatable bonds is 3. The fraction of sp³-hybridized carbons (Fsp3) is 0.250. The van der Waals surface area contributed by atoms with Gasteiger partial charge in [0.05, 0.1) is 16.8 Å². The number of imide groups is 1. The minimum absolute atomic E-state index is 0.0212. The lowest BCUT2D eigenvalue weighted by atomic mass is 9.99. The van der Waals surface area contributed by atoms with Crippen molar-refractivity contribution in [1.82, 2.24) is 4.90 Å². The first kappa shape index (κ1) is 15.2. The van der Waals surface area contributed by atoms with Crippen LogP contribution in [-0.4, -0.2) is 46.0 Å². The molecular formula is C16H13FN2O4. The number of nitrogens with zero attached hydrogens (tertiary/aromatic N) is 2. The maximum absolute atomic E-state index is 13.2. The molecule has 0 saturated heterocycles. The first-order valence-corrected chi connectivity index (χ1v) is 7.01. The largest absolute Gasteiger partial charge is 0.379 e. The summed E-state index contributed by atoms with van der Waals surface area (Å²) in [7, 11) is 0. The summed E-state index contributed by atoms with van der Waals surface area (Å²) in [6.45, 7) is 1.50. The Morgan fingerprint density at radius 1 is 1.22 bits per heavy atom.